The van der Waals surface area contributed by atoms with E-state index in [0.29, 0.717) is 24.7 Å². The number of carbonyl (C=O) groups excluding carboxylic acids is 1. The van der Waals surface area contributed by atoms with Crippen molar-refractivity contribution in [3.05, 3.63) is 35.8 Å². The number of rotatable bonds is 5. The standard InChI is InChI=1S/C20H27N5O2/c1-14(2)16-12-17(23-22-16)20(26)25-11-7-15(13-25)27-18-6-5-8-21-19(18)24-9-3-4-10-24/h5-6,8,12,14-15H,3-4,7,9-11,13H2,1-2H3,(H,22,23). The number of ether oxygens (including phenoxy) is 1. The quantitative estimate of drug-likeness (QED) is 0.877. The first kappa shape index (κ1) is 17.8. The Morgan fingerprint density at radius 1 is 1.30 bits per heavy atom. The van der Waals surface area contributed by atoms with Crippen molar-refractivity contribution in [2.75, 3.05) is 31.1 Å². The molecular formula is C20H27N5O2. The normalized spacial score (nSPS) is 19.9. The molecule has 27 heavy (non-hydrogen) atoms. The molecule has 2 aromatic heterocycles. The van der Waals surface area contributed by atoms with Crippen LogP contribution in [0.4, 0.5) is 5.82 Å². The first-order valence-corrected chi connectivity index (χ1v) is 9.83. The van der Waals surface area contributed by atoms with Crippen molar-refractivity contribution in [1.82, 2.24) is 20.1 Å². The van der Waals surface area contributed by atoms with Crippen molar-refractivity contribution in [2.24, 2.45) is 0 Å². The summed E-state index contributed by atoms with van der Waals surface area (Å²) >= 11 is 0. The highest BCUT2D eigenvalue weighted by molar-refractivity contribution is 5.92. The molecule has 2 aromatic rings. The Kier molecular flexibility index (Phi) is 5.01. The molecule has 7 heteroatoms. The third-order valence-corrected chi connectivity index (χ3v) is 5.32. The zero-order chi connectivity index (χ0) is 18.8. The number of nitrogens with one attached hydrogen (secondary N) is 1. The third kappa shape index (κ3) is 3.77. The lowest BCUT2D eigenvalue weighted by Crippen LogP contribution is -2.31. The van der Waals surface area contributed by atoms with E-state index in [1.54, 1.807) is 0 Å². The molecule has 0 saturated carbocycles. The number of anilines is 1. The molecule has 2 aliphatic rings. The van der Waals surface area contributed by atoms with Crippen molar-refractivity contribution >= 4 is 11.7 Å². The Labute approximate surface area is 159 Å². The Morgan fingerprint density at radius 3 is 2.85 bits per heavy atom. The first-order chi connectivity index (χ1) is 13.1. The average molecular weight is 369 g/mol. The zero-order valence-electron chi connectivity index (χ0n) is 16.0. The molecule has 2 fully saturated rings. The number of aromatic amines is 1. The molecule has 0 aromatic carbocycles. The molecule has 144 valence electrons. The SMILES string of the molecule is CC(C)c1cc(C(=O)N2CCC(Oc3cccnc3N3CCCC3)C2)n[nH]1. The van der Waals surface area contributed by atoms with Gasteiger partial charge in [0.05, 0.1) is 6.54 Å². The Hall–Kier alpha value is -2.57. The number of pyridine rings is 1. The van der Waals surface area contributed by atoms with E-state index in [-0.39, 0.29) is 12.0 Å². The van der Waals surface area contributed by atoms with E-state index < -0.39 is 0 Å². The summed E-state index contributed by atoms with van der Waals surface area (Å²) in [7, 11) is 0. The van der Waals surface area contributed by atoms with Crippen LogP contribution in [0.1, 0.15) is 55.2 Å². The minimum absolute atomic E-state index is 0.0111. The van der Waals surface area contributed by atoms with Crippen molar-refractivity contribution in [1.29, 1.82) is 0 Å². The summed E-state index contributed by atoms with van der Waals surface area (Å²) in [4.78, 5) is 21.4. The highest BCUT2D eigenvalue weighted by Crippen LogP contribution is 2.30. The molecule has 4 heterocycles. The number of H-pyrrole nitrogens is 1. The number of likely N-dealkylation sites (tertiary alicyclic amines) is 1. The van der Waals surface area contributed by atoms with E-state index in [0.717, 1.165) is 36.8 Å². The van der Waals surface area contributed by atoms with Gasteiger partial charge in [0.1, 0.15) is 11.8 Å². The van der Waals surface area contributed by atoms with Gasteiger partial charge in [-0.1, -0.05) is 13.8 Å². The molecule has 1 unspecified atom stereocenters. The van der Waals surface area contributed by atoms with Gasteiger partial charge in [-0.05, 0) is 37.0 Å². The molecule has 2 aliphatic heterocycles. The number of carbonyl (C=O) groups is 1. The van der Waals surface area contributed by atoms with Crippen LogP contribution < -0.4 is 9.64 Å². The average Bonchev–Trinajstić information content (AvgIpc) is 3.42. The smallest absolute Gasteiger partial charge is 0.274 e. The van der Waals surface area contributed by atoms with E-state index in [2.05, 4.69) is 33.9 Å². The van der Waals surface area contributed by atoms with Crippen molar-refractivity contribution in [2.45, 2.75) is 45.1 Å². The second-order valence-electron chi connectivity index (χ2n) is 7.66. The summed E-state index contributed by atoms with van der Waals surface area (Å²) in [5, 5.41) is 7.14. The minimum atomic E-state index is -0.0322. The molecule has 0 spiro atoms. The van der Waals surface area contributed by atoms with Gasteiger partial charge in [-0.15, -0.1) is 0 Å². The molecule has 0 aliphatic carbocycles. The van der Waals surface area contributed by atoms with E-state index in [4.69, 9.17) is 4.74 Å². The molecule has 4 rings (SSSR count). The molecule has 7 nitrogen and oxygen atoms in total. The van der Waals surface area contributed by atoms with Gasteiger partial charge in [-0.3, -0.25) is 9.89 Å². The van der Waals surface area contributed by atoms with E-state index >= 15 is 0 Å². The summed E-state index contributed by atoms with van der Waals surface area (Å²) in [6, 6.07) is 5.74. The van der Waals surface area contributed by atoms with Gasteiger partial charge in [0.15, 0.2) is 11.6 Å². The van der Waals surface area contributed by atoms with Gasteiger partial charge in [0.25, 0.3) is 5.91 Å². The number of nitrogens with zero attached hydrogens (tertiary/aromatic N) is 4. The van der Waals surface area contributed by atoms with Crippen LogP contribution in [0.25, 0.3) is 0 Å². The number of hydrogen-bond donors (Lipinski definition) is 1. The maximum absolute atomic E-state index is 12.7. The Morgan fingerprint density at radius 2 is 2.11 bits per heavy atom. The third-order valence-electron chi connectivity index (χ3n) is 5.32. The van der Waals surface area contributed by atoms with Crippen LogP contribution >= 0.6 is 0 Å². The van der Waals surface area contributed by atoms with Gasteiger partial charge in [0.2, 0.25) is 0 Å². The fourth-order valence-corrected chi connectivity index (χ4v) is 3.73. The second-order valence-corrected chi connectivity index (χ2v) is 7.66. The fourth-order valence-electron chi connectivity index (χ4n) is 3.73. The van der Waals surface area contributed by atoms with Gasteiger partial charge >= 0.3 is 0 Å². The van der Waals surface area contributed by atoms with Gasteiger partial charge in [-0.2, -0.15) is 5.10 Å². The lowest BCUT2D eigenvalue weighted by molar-refractivity contribution is 0.0766. The lowest BCUT2D eigenvalue weighted by atomic mass is 10.1. The molecule has 1 N–H and O–H groups in total. The van der Waals surface area contributed by atoms with Gasteiger partial charge in [0, 0.05) is 37.9 Å². The number of amides is 1. The van der Waals surface area contributed by atoms with Crippen molar-refractivity contribution in [3.63, 3.8) is 0 Å². The zero-order valence-corrected chi connectivity index (χ0v) is 16.0. The molecule has 1 atom stereocenters. The monoisotopic (exact) mass is 369 g/mol. The Balaban J connectivity index is 1.40. The predicted octanol–water partition coefficient (Wildman–Crippen LogP) is 2.82. The largest absolute Gasteiger partial charge is 0.485 e. The van der Waals surface area contributed by atoms with Crippen LogP contribution in [0, 0.1) is 0 Å². The molecule has 1 amide bonds. The van der Waals surface area contributed by atoms with Crippen LogP contribution in [-0.4, -0.2) is 58.3 Å². The van der Waals surface area contributed by atoms with Crippen LogP contribution in [0.15, 0.2) is 24.4 Å². The van der Waals surface area contributed by atoms with Crippen molar-refractivity contribution < 1.29 is 9.53 Å². The fraction of sp³-hybridized carbons (Fsp3) is 0.550. The maximum Gasteiger partial charge on any atom is 0.274 e. The van der Waals surface area contributed by atoms with Crippen LogP contribution in [0.3, 0.4) is 0 Å². The number of hydrogen-bond acceptors (Lipinski definition) is 5. The van der Waals surface area contributed by atoms with Crippen molar-refractivity contribution in [3.8, 4) is 5.75 Å². The van der Waals surface area contributed by atoms with E-state index in [1.807, 2.05) is 29.3 Å². The number of aromatic nitrogens is 3. The van der Waals surface area contributed by atoms with Gasteiger partial charge in [-0.25, -0.2) is 4.98 Å². The molecule has 2 saturated heterocycles. The summed E-state index contributed by atoms with van der Waals surface area (Å²) in [5.41, 5.74) is 1.47. The highest BCUT2D eigenvalue weighted by Gasteiger charge is 2.30. The summed E-state index contributed by atoms with van der Waals surface area (Å²) in [6.07, 6.45) is 5.02. The van der Waals surface area contributed by atoms with Crippen LogP contribution in [-0.2, 0) is 0 Å². The maximum atomic E-state index is 12.7. The second kappa shape index (κ2) is 7.58. The van der Waals surface area contributed by atoms with E-state index in [9.17, 15) is 4.79 Å². The molecule has 0 radical (unpaired) electrons. The molecule has 0 bridgehead atoms. The summed E-state index contributed by atoms with van der Waals surface area (Å²) < 4.78 is 6.25. The summed E-state index contributed by atoms with van der Waals surface area (Å²) in [6.45, 7) is 7.48. The van der Waals surface area contributed by atoms with E-state index in [1.165, 1.54) is 12.8 Å². The first-order valence-electron chi connectivity index (χ1n) is 9.83. The Bertz CT molecular complexity index is 797. The molecular weight excluding hydrogens is 342 g/mol. The van der Waals surface area contributed by atoms with Crippen LogP contribution in [0.2, 0.25) is 0 Å². The lowest BCUT2D eigenvalue weighted by Gasteiger charge is -2.22. The minimum Gasteiger partial charge on any atom is -0.485 e. The van der Waals surface area contributed by atoms with Gasteiger partial charge < -0.3 is 14.5 Å². The summed E-state index contributed by atoms with van der Waals surface area (Å²) in [5.74, 6) is 2.03. The van der Waals surface area contributed by atoms with Crippen LogP contribution in [0.5, 0.6) is 5.75 Å². The topological polar surface area (TPSA) is 74.4 Å². The predicted molar refractivity (Wildman–Crippen MR) is 103 cm³/mol. The highest BCUT2D eigenvalue weighted by atomic mass is 16.5.